The Hall–Kier alpha value is -0.990. The molecule has 110 valence electrons. The van der Waals surface area contributed by atoms with Crippen LogP contribution in [0, 0.1) is 29.6 Å². The fourth-order valence-corrected chi connectivity index (χ4v) is 5.51. The second-order valence-corrected chi connectivity index (χ2v) is 8.02. The van der Waals surface area contributed by atoms with Gasteiger partial charge in [-0.2, -0.15) is 5.10 Å². The van der Waals surface area contributed by atoms with E-state index in [2.05, 4.69) is 24.6 Å². The number of nitrogen functional groups attached to an aromatic ring is 1. The van der Waals surface area contributed by atoms with Gasteiger partial charge in [0.1, 0.15) is 5.82 Å². The summed E-state index contributed by atoms with van der Waals surface area (Å²) in [6.07, 6.45) is 8.26. The molecule has 0 unspecified atom stereocenters. The minimum absolute atomic E-state index is 0.601. The van der Waals surface area contributed by atoms with Gasteiger partial charge in [-0.25, -0.2) is 4.68 Å². The Bertz CT molecular complexity index is 474. The van der Waals surface area contributed by atoms with Gasteiger partial charge in [-0.3, -0.25) is 0 Å². The molecular formula is C17H27N3. The lowest BCUT2D eigenvalue weighted by Gasteiger charge is -2.54. The molecule has 5 rings (SSSR count). The Morgan fingerprint density at radius 1 is 1.15 bits per heavy atom. The van der Waals surface area contributed by atoms with Gasteiger partial charge in [0.25, 0.3) is 0 Å². The minimum atomic E-state index is 0.601. The Morgan fingerprint density at radius 3 is 2.30 bits per heavy atom. The number of hydrogen-bond acceptors (Lipinski definition) is 2. The first kappa shape index (κ1) is 12.7. The van der Waals surface area contributed by atoms with E-state index in [1.165, 1.54) is 37.8 Å². The standard InChI is InChI=1S/C17H27N3/c1-10(2)3-15-9-16(18)20(19-15)17-13-5-11-4-12(7-13)8-14(17)6-11/h9-14,17H,3-8,18H2,1-2H3. The summed E-state index contributed by atoms with van der Waals surface area (Å²) < 4.78 is 2.21. The van der Waals surface area contributed by atoms with Gasteiger partial charge in [-0.15, -0.1) is 0 Å². The van der Waals surface area contributed by atoms with Crippen molar-refractivity contribution in [3.63, 3.8) is 0 Å². The second kappa shape index (κ2) is 4.51. The molecule has 0 amide bonds. The number of nitrogens with two attached hydrogens (primary N) is 1. The van der Waals surface area contributed by atoms with E-state index in [0.717, 1.165) is 35.9 Å². The van der Waals surface area contributed by atoms with Crippen LogP contribution >= 0.6 is 0 Å². The van der Waals surface area contributed by atoms with Crippen molar-refractivity contribution in [2.45, 2.75) is 58.4 Å². The topological polar surface area (TPSA) is 43.8 Å². The van der Waals surface area contributed by atoms with Crippen LogP contribution in [0.2, 0.25) is 0 Å². The summed E-state index contributed by atoms with van der Waals surface area (Å²) >= 11 is 0. The number of anilines is 1. The third kappa shape index (κ3) is 1.97. The molecule has 4 fully saturated rings. The van der Waals surface area contributed by atoms with Crippen LogP contribution in [0.1, 0.15) is 57.7 Å². The zero-order valence-corrected chi connectivity index (χ0v) is 12.8. The fraction of sp³-hybridized carbons (Fsp3) is 0.824. The molecule has 0 saturated heterocycles. The van der Waals surface area contributed by atoms with E-state index >= 15 is 0 Å². The molecule has 3 nitrogen and oxygen atoms in total. The molecule has 0 spiro atoms. The zero-order valence-electron chi connectivity index (χ0n) is 12.8. The zero-order chi connectivity index (χ0) is 13.9. The lowest BCUT2D eigenvalue weighted by atomic mass is 9.54. The van der Waals surface area contributed by atoms with Gasteiger partial charge in [0.05, 0.1) is 11.7 Å². The maximum absolute atomic E-state index is 6.30. The quantitative estimate of drug-likeness (QED) is 0.913. The summed E-state index contributed by atoms with van der Waals surface area (Å²) in [5.74, 6) is 5.27. The van der Waals surface area contributed by atoms with Crippen molar-refractivity contribution in [3.05, 3.63) is 11.8 Å². The van der Waals surface area contributed by atoms with E-state index in [0.29, 0.717) is 12.0 Å². The molecule has 1 heterocycles. The smallest absolute Gasteiger partial charge is 0.122 e. The number of hydrogen-bond donors (Lipinski definition) is 1. The first-order valence-corrected chi connectivity index (χ1v) is 8.44. The molecule has 4 aliphatic rings. The van der Waals surface area contributed by atoms with Crippen LogP contribution in [0.5, 0.6) is 0 Å². The molecule has 1 aromatic rings. The molecule has 0 radical (unpaired) electrons. The van der Waals surface area contributed by atoms with Crippen molar-refractivity contribution < 1.29 is 0 Å². The van der Waals surface area contributed by atoms with Gasteiger partial charge in [0.2, 0.25) is 0 Å². The molecule has 0 aliphatic heterocycles. The predicted molar refractivity (Wildman–Crippen MR) is 81.3 cm³/mol. The summed E-state index contributed by atoms with van der Waals surface area (Å²) in [6, 6.07) is 2.72. The van der Waals surface area contributed by atoms with Crippen LogP contribution in [0.25, 0.3) is 0 Å². The average molecular weight is 273 g/mol. The summed E-state index contributed by atoms with van der Waals surface area (Å²) in [4.78, 5) is 0. The summed E-state index contributed by atoms with van der Waals surface area (Å²) in [6.45, 7) is 4.50. The Morgan fingerprint density at radius 2 is 1.75 bits per heavy atom. The Labute approximate surface area is 121 Å². The molecule has 4 bridgehead atoms. The van der Waals surface area contributed by atoms with E-state index in [1.807, 2.05) is 0 Å². The molecule has 0 aromatic carbocycles. The molecule has 3 heteroatoms. The first-order chi connectivity index (χ1) is 9.60. The summed E-state index contributed by atoms with van der Waals surface area (Å²) in [7, 11) is 0. The van der Waals surface area contributed by atoms with E-state index < -0.39 is 0 Å². The predicted octanol–water partition coefficient (Wildman–Crippen LogP) is 3.66. The lowest BCUT2D eigenvalue weighted by Crippen LogP contribution is -2.46. The minimum Gasteiger partial charge on any atom is -0.384 e. The monoisotopic (exact) mass is 273 g/mol. The van der Waals surface area contributed by atoms with Crippen molar-refractivity contribution in [3.8, 4) is 0 Å². The molecule has 4 aliphatic carbocycles. The highest BCUT2D eigenvalue weighted by molar-refractivity contribution is 5.32. The van der Waals surface area contributed by atoms with E-state index in [1.54, 1.807) is 0 Å². The maximum Gasteiger partial charge on any atom is 0.122 e. The normalized spacial score (nSPS) is 38.9. The third-order valence-corrected chi connectivity index (χ3v) is 5.89. The SMILES string of the molecule is CC(C)Cc1cc(N)n(C2C3CC4CC(C3)CC2C4)n1. The van der Waals surface area contributed by atoms with E-state index in [9.17, 15) is 0 Å². The average Bonchev–Trinajstić information content (AvgIpc) is 2.68. The van der Waals surface area contributed by atoms with Crippen molar-refractivity contribution >= 4 is 5.82 Å². The second-order valence-electron chi connectivity index (χ2n) is 8.02. The molecular weight excluding hydrogens is 246 g/mol. The van der Waals surface area contributed by atoms with Crippen LogP contribution in [0.4, 0.5) is 5.82 Å². The largest absolute Gasteiger partial charge is 0.384 e. The van der Waals surface area contributed by atoms with E-state index in [4.69, 9.17) is 10.8 Å². The van der Waals surface area contributed by atoms with Crippen molar-refractivity contribution in [1.82, 2.24) is 9.78 Å². The molecule has 2 N–H and O–H groups in total. The van der Waals surface area contributed by atoms with Crippen LogP contribution in [-0.4, -0.2) is 9.78 Å². The summed E-state index contributed by atoms with van der Waals surface area (Å²) in [5, 5.41) is 4.89. The van der Waals surface area contributed by atoms with Crippen molar-refractivity contribution in [1.29, 1.82) is 0 Å². The fourth-order valence-electron chi connectivity index (χ4n) is 5.51. The highest BCUT2D eigenvalue weighted by Crippen LogP contribution is 2.58. The van der Waals surface area contributed by atoms with Gasteiger partial charge in [0.15, 0.2) is 0 Å². The van der Waals surface area contributed by atoms with Gasteiger partial charge < -0.3 is 5.73 Å². The van der Waals surface area contributed by atoms with Gasteiger partial charge in [-0.05, 0) is 68.1 Å². The molecule has 20 heavy (non-hydrogen) atoms. The number of rotatable bonds is 3. The van der Waals surface area contributed by atoms with Crippen LogP contribution in [0.15, 0.2) is 6.07 Å². The van der Waals surface area contributed by atoms with Gasteiger partial charge in [0, 0.05) is 6.07 Å². The first-order valence-electron chi connectivity index (χ1n) is 8.44. The van der Waals surface area contributed by atoms with Crippen molar-refractivity contribution in [2.24, 2.45) is 29.6 Å². The van der Waals surface area contributed by atoms with Gasteiger partial charge >= 0.3 is 0 Å². The highest BCUT2D eigenvalue weighted by Gasteiger charge is 2.49. The Balaban J connectivity index is 1.62. The third-order valence-electron chi connectivity index (χ3n) is 5.89. The van der Waals surface area contributed by atoms with Gasteiger partial charge in [-0.1, -0.05) is 13.8 Å². The highest BCUT2D eigenvalue weighted by atomic mass is 15.3. The van der Waals surface area contributed by atoms with Crippen LogP contribution < -0.4 is 5.73 Å². The lowest BCUT2D eigenvalue weighted by molar-refractivity contribution is -0.0328. The number of nitrogens with zero attached hydrogens (tertiary/aromatic N) is 2. The summed E-state index contributed by atoms with van der Waals surface area (Å²) in [5.41, 5.74) is 7.48. The van der Waals surface area contributed by atoms with Crippen molar-refractivity contribution in [2.75, 3.05) is 5.73 Å². The maximum atomic E-state index is 6.30. The Kier molecular flexibility index (Phi) is 2.87. The van der Waals surface area contributed by atoms with Crippen LogP contribution in [0.3, 0.4) is 0 Å². The molecule has 0 atom stereocenters. The molecule has 4 saturated carbocycles. The van der Waals surface area contributed by atoms with Crippen LogP contribution in [-0.2, 0) is 6.42 Å². The van der Waals surface area contributed by atoms with E-state index in [-0.39, 0.29) is 0 Å². The number of aromatic nitrogens is 2. The molecule has 1 aromatic heterocycles.